The molecule has 0 N–H and O–H groups in total. The lowest BCUT2D eigenvalue weighted by Crippen LogP contribution is -2.05. The zero-order chi connectivity index (χ0) is 11.6. The molecule has 0 atom stereocenters. The zero-order valence-corrected chi connectivity index (χ0v) is 9.99. The van der Waals surface area contributed by atoms with E-state index in [0.717, 1.165) is 11.3 Å². The van der Waals surface area contributed by atoms with E-state index in [1.54, 1.807) is 19.9 Å². The Kier molecular flexibility index (Phi) is 3.67. The van der Waals surface area contributed by atoms with Gasteiger partial charge in [0.25, 0.3) is 0 Å². The molecule has 1 heterocycles. The highest BCUT2D eigenvalue weighted by Gasteiger charge is 2.12. The van der Waals surface area contributed by atoms with Crippen molar-refractivity contribution in [2.75, 3.05) is 5.75 Å². The van der Waals surface area contributed by atoms with Crippen LogP contribution in [0, 0.1) is 13.8 Å². The Balaban J connectivity index is 2.96. The lowest BCUT2D eigenvalue weighted by Gasteiger charge is -2.07. The molecule has 0 amide bonds. The molecule has 6 heteroatoms. The van der Waals surface area contributed by atoms with Crippen LogP contribution in [0.1, 0.15) is 16.8 Å². The molecule has 0 unspecified atom stereocenters. The summed E-state index contributed by atoms with van der Waals surface area (Å²) >= 11 is 5.84. The van der Waals surface area contributed by atoms with Crippen molar-refractivity contribution < 1.29 is 12.3 Å². The van der Waals surface area contributed by atoms with E-state index >= 15 is 0 Å². The lowest BCUT2D eigenvalue weighted by atomic mass is 10.1. The normalized spacial score (nSPS) is 11.7. The summed E-state index contributed by atoms with van der Waals surface area (Å²) in [6.07, 6.45) is 0.0524. The number of nitrogens with zero attached hydrogens (tertiary/aromatic N) is 1. The molecule has 84 valence electrons. The van der Waals surface area contributed by atoms with Gasteiger partial charge < -0.3 is 0 Å². The van der Waals surface area contributed by atoms with Crippen LogP contribution in [0.25, 0.3) is 0 Å². The summed E-state index contributed by atoms with van der Waals surface area (Å²) in [4.78, 5) is 3.98. The third kappa shape index (κ3) is 3.76. The second-order valence-electron chi connectivity index (χ2n) is 3.34. The van der Waals surface area contributed by atoms with Gasteiger partial charge in [-0.25, -0.2) is 4.98 Å². The highest BCUT2D eigenvalue weighted by atomic mass is 35.5. The maximum atomic E-state index is 12.3. The minimum absolute atomic E-state index is 0.0524. The van der Waals surface area contributed by atoms with Crippen LogP contribution in [0.3, 0.4) is 0 Å². The van der Waals surface area contributed by atoms with Crippen molar-refractivity contribution in [1.29, 1.82) is 0 Å². The van der Waals surface area contributed by atoms with Crippen LogP contribution >= 0.6 is 11.6 Å². The van der Waals surface area contributed by atoms with E-state index in [1.165, 1.54) is 0 Å². The molecular weight excluding hydrogens is 241 g/mol. The highest BCUT2D eigenvalue weighted by molar-refractivity contribution is 7.86. The molecule has 1 rings (SSSR count). The quantitative estimate of drug-likeness (QED) is 0.611. The molecule has 1 aromatic rings. The topological polar surface area (TPSA) is 47.0 Å². The molecule has 0 saturated carbocycles. The van der Waals surface area contributed by atoms with Crippen LogP contribution in [-0.4, -0.2) is 19.2 Å². The molecule has 0 aliphatic carbocycles. The Hall–Kier alpha value is -0.680. The third-order valence-corrected chi connectivity index (χ3v) is 3.03. The summed E-state index contributed by atoms with van der Waals surface area (Å²) in [5, 5.41) is 0.246. The van der Waals surface area contributed by atoms with Gasteiger partial charge in [-0.3, -0.25) is 0 Å². The predicted molar refractivity (Wildman–Crippen MR) is 57.3 cm³/mol. The lowest BCUT2D eigenvalue weighted by molar-refractivity contribution is 0.551. The second-order valence-corrected chi connectivity index (χ2v) is 5.19. The van der Waals surface area contributed by atoms with Gasteiger partial charge in [0.15, 0.2) is 0 Å². The van der Waals surface area contributed by atoms with Crippen LogP contribution in [-0.2, 0) is 16.6 Å². The average Bonchev–Trinajstić information content (AvgIpc) is 1.99. The first-order valence-electron chi connectivity index (χ1n) is 4.34. The predicted octanol–water partition coefficient (Wildman–Crippen LogP) is 2.19. The van der Waals surface area contributed by atoms with E-state index in [-0.39, 0.29) is 11.6 Å². The fraction of sp³-hybridized carbons (Fsp3) is 0.444. The Morgan fingerprint density at radius 1 is 1.47 bits per heavy atom. The number of aryl methyl sites for hydroxylation is 2. The number of aromatic nitrogens is 1. The van der Waals surface area contributed by atoms with E-state index in [4.69, 9.17) is 11.6 Å². The number of pyridine rings is 1. The van der Waals surface area contributed by atoms with Crippen LogP contribution in [0.15, 0.2) is 6.07 Å². The molecule has 0 aliphatic heterocycles. The van der Waals surface area contributed by atoms with E-state index in [1.807, 2.05) is 0 Å². The number of hydrogen-bond donors (Lipinski definition) is 0. The molecule has 0 saturated heterocycles. The van der Waals surface area contributed by atoms with Crippen molar-refractivity contribution >= 4 is 21.8 Å². The van der Waals surface area contributed by atoms with Crippen LogP contribution < -0.4 is 0 Å². The Morgan fingerprint density at radius 2 is 2.07 bits per heavy atom. The standard InChI is InChI=1S/C9H11ClFNO2S/c1-6-5-7(2)12-9(10)8(6)3-4-15(11,13)14/h5H,3-4H2,1-2H3. The fourth-order valence-corrected chi connectivity index (χ4v) is 2.17. The smallest absolute Gasteiger partial charge is 0.241 e. The Labute approximate surface area is 93.5 Å². The molecule has 0 aromatic carbocycles. The van der Waals surface area contributed by atoms with E-state index in [2.05, 4.69) is 4.98 Å². The van der Waals surface area contributed by atoms with Gasteiger partial charge in [-0.05, 0) is 37.5 Å². The number of rotatable bonds is 3. The SMILES string of the molecule is Cc1cc(C)c(CCS(=O)(=O)F)c(Cl)n1. The van der Waals surface area contributed by atoms with E-state index in [9.17, 15) is 12.3 Å². The maximum Gasteiger partial charge on any atom is 0.302 e. The van der Waals surface area contributed by atoms with Gasteiger partial charge in [-0.2, -0.15) is 8.42 Å². The summed E-state index contributed by atoms with van der Waals surface area (Å²) in [6, 6.07) is 1.78. The summed E-state index contributed by atoms with van der Waals surface area (Å²) in [5.74, 6) is -0.557. The minimum Gasteiger partial charge on any atom is -0.241 e. The first-order chi connectivity index (χ1) is 6.79. The van der Waals surface area contributed by atoms with Crippen molar-refractivity contribution in [3.05, 3.63) is 28.0 Å². The fourth-order valence-electron chi connectivity index (χ4n) is 1.34. The van der Waals surface area contributed by atoms with E-state index in [0.29, 0.717) is 5.56 Å². The molecule has 3 nitrogen and oxygen atoms in total. The molecule has 0 fully saturated rings. The van der Waals surface area contributed by atoms with Crippen LogP contribution in [0.5, 0.6) is 0 Å². The molecule has 15 heavy (non-hydrogen) atoms. The largest absolute Gasteiger partial charge is 0.302 e. The molecular formula is C9H11ClFNO2S. The highest BCUT2D eigenvalue weighted by Crippen LogP contribution is 2.19. The van der Waals surface area contributed by atoms with Gasteiger partial charge in [-0.1, -0.05) is 11.6 Å². The maximum absolute atomic E-state index is 12.3. The van der Waals surface area contributed by atoms with Gasteiger partial charge in [-0.15, -0.1) is 3.89 Å². The van der Waals surface area contributed by atoms with Crippen LogP contribution in [0.4, 0.5) is 3.89 Å². The third-order valence-electron chi connectivity index (χ3n) is 2.02. The van der Waals surface area contributed by atoms with Crippen molar-refractivity contribution in [3.8, 4) is 0 Å². The van der Waals surface area contributed by atoms with Gasteiger partial charge in [0.1, 0.15) is 5.15 Å². The first kappa shape index (κ1) is 12.4. The number of hydrogen-bond acceptors (Lipinski definition) is 3. The van der Waals surface area contributed by atoms with Gasteiger partial charge in [0, 0.05) is 5.69 Å². The summed E-state index contributed by atoms with van der Waals surface area (Å²) < 4.78 is 33.1. The monoisotopic (exact) mass is 251 g/mol. The van der Waals surface area contributed by atoms with Crippen molar-refractivity contribution in [2.24, 2.45) is 0 Å². The molecule has 1 aromatic heterocycles. The minimum atomic E-state index is -4.45. The summed E-state index contributed by atoms with van der Waals surface area (Å²) in [5.41, 5.74) is 2.17. The summed E-state index contributed by atoms with van der Waals surface area (Å²) in [7, 11) is -4.45. The molecule has 0 radical (unpaired) electrons. The Morgan fingerprint density at radius 3 is 2.53 bits per heavy atom. The first-order valence-corrected chi connectivity index (χ1v) is 6.27. The molecule has 0 aliphatic rings. The van der Waals surface area contributed by atoms with Crippen LogP contribution in [0.2, 0.25) is 5.15 Å². The van der Waals surface area contributed by atoms with Gasteiger partial charge in [0.05, 0.1) is 5.75 Å². The van der Waals surface area contributed by atoms with Crippen molar-refractivity contribution in [2.45, 2.75) is 20.3 Å². The molecule has 0 bridgehead atoms. The van der Waals surface area contributed by atoms with Gasteiger partial charge in [0.2, 0.25) is 0 Å². The second kappa shape index (κ2) is 4.45. The van der Waals surface area contributed by atoms with E-state index < -0.39 is 16.0 Å². The van der Waals surface area contributed by atoms with Crippen molar-refractivity contribution in [1.82, 2.24) is 4.98 Å². The summed E-state index contributed by atoms with van der Waals surface area (Å²) in [6.45, 7) is 3.58. The van der Waals surface area contributed by atoms with Gasteiger partial charge >= 0.3 is 10.2 Å². The number of halogens is 2. The zero-order valence-electron chi connectivity index (χ0n) is 8.42. The molecule has 0 spiro atoms. The Bertz CT molecular complexity index is 450. The van der Waals surface area contributed by atoms with Crippen molar-refractivity contribution in [3.63, 3.8) is 0 Å². The average molecular weight is 252 g/mol.